The van der Waals surface area contributed by atoms with Gasteiger partial charge in [-0.2, -0.15) is 0 Å². The van der Waals surface area contributed by atoms with Gasteiger partial charge < -0.3 is 61.8 Å². The molecule has 2 bridgehead atoms. The number of phenols is 1. The second kappa shape index (κ2) is 28.7. The summed E-state index contributed by atoms with van der Waals surface area (Å²) in [5, 5.41) is 47.3. The molecule has 11 atom stereocenters. The molecule has 2 fully saturated rings. The van der Waals surface area contributed by atoms with Crippen molar-refractivity contribution in [2.75, 3.05) is 7.05 Å². The Balaban J connectivity index is 1.80. The largest absolute Gasteiger partial charge is 0.508 e. The zero-order valence-corrected chi connectivity index (χ0v) is 45.0. The minimum atomic E-state index is -1.81. The first-order valence-corrected chi connectivity index (χ1v) is 26.2. The Kier molecular flexibility index (Phi) is 23.2. The van der Waals surface area contributed by atoms with Crippen LogP contribution in [0.3, 0.4) is 0 Å². The van der Waals surface area contributed by atoms with Crippen molar-refractivity contribution in [3.8, 4) is 5.75 Å². The van der Waals surface area contributed by atoms with E-state index in [1.807, 2.05) is 13.8 Å². The van der Waals surface area contributed by atoms with Gasteiger partial charge in [0.05, 0.1) is 0 Å². The van der Waals surface area contributed by atoms with Gasteiger partial charge in [0.25, 0.3) is 0 Å². The fourth-order valence-corrected chi connectivity index (χ4v) is 9.19. The van der Waals surface area contributed by atoms with Gasteiger partial charge in [0.1, 0.15) is 66.4 Å². The van der Waals surface area contributed by atoms with Crippen molar-refractivity contribution < 1.29 is 68.0 Å². The van der Waals surface area contributed by atoms with Gasteiger partial charge in [-0.15, -0.1) is 0 Å². The number of benzene rings is 2. The molecule has 0 radical (unpaired) electrons. The Morgan fingerprint density at radius 2 is 1.41 bits per heavy atom. The van der Waals surface area contributed by atoms with E-state index in [9.17, 15) is 63.3 Å². The van der Waals surface area contributed by atoms with Crippen LogP contribution in [0.15, 0.2) is 54.6 Å². The molecule has 0 aromatic heterocycles. The number of carbonyl (C=O) groups is 10. The van der Waals surface area contributed by atoms with E-state index in [2.05, 4.69) is 31.9 Å². The number of nitrogens with one attached hydrogen (secondary N) is 6. The summed E-state index contributed by atoms with van der Waals surface area (Å²) in [5.74, 6) is -10.3. The lowest BCUT2D eigenvalue weighted by molar-refractivity contribution is -0.167. The fourth-order valence-electron chi connectivity index (χ4n) is 9.19. The molecule has 22 heteroatoms. The standard InChI is InChI=1S/C54H78N8O14/c1-10-15-41(64)55-38(26-29(3)4)47(67)57-37(53(73)74)22-24-42(65)59-45-32(8)76-54(75)44(31(7)11-2)60-49(69)40(28-33-16-13-12-14-17-33)61(9)52(72)46(30(5)6)62-43(66)25-23-36(51(62)71)56-48(68)39(58-50(45)70)27-34-18-20-35(63)21-19-34/h12-14,16-21,29-32,36-40,43-46,63,66H,10-11,15,22-28H2,1-9H3,(H,55,64)(H,56,68)(H,57,67)(H,58,70)(H,59,65)(H,60,69)(H,73,74)/t31?,32-,36+,37+,38+,39+,40+,43-,44+,45-,46+/m1/s1. The third-order valence-electron chi connectivity index (χ3n) is 13.7. The van der Waals surface area contributed by atoms with Crippen LogP contribution in [0.4, 0.5) is 0 Å². The van der Waals surface area contributed by atoms with E-state index < -0.39 is 145 Å². The molecule has 2 aromatic carbocycles. The number of carbonyl (C=O) groups excluding carboxylic acids is 9. The van der Waals surface area contributed by atoms with E-state index in [-0.39, 0.29) is 50.2 Å². The van der Waals surface area contributed by atoms with Crippen molar-refractivity contribution in [1.29, 1.82) is 0 Å². The number of fused-ring (bicyclic) bond motifs is 2. The van der Waals surface area contributed by atoms with Gasteiger partial charge in [-0.05, 0) is 80.0 Å². The molecule has 4 rings (SSSR count). The van der Waals surface area contributed by atoms with E-state index in [1.165, 1.54) is 43.1 Å². The monoisotopic (exact) mass is 1060 g/mol. The Labute approximate surface area is 444 Å². The molecule has 8 amide bonds. The Hall–Kier alpha value is -7.10. The van der Waals surface area contributed by atoms with E-state index in [4.69, 9.17) is 4.74 Å². The van der Waals surface area contributed by atoms with Gasteiger partial charge >= 0.3 is 11.9 Å². The fraction of sp³-hybridized carbons (Fsp3) is 0.593. The summed E-state index contributed by atoms with van der Waals surface area (Å²) in [6, 6.07) is 3.00. The number of aliphatic hydroxyl groups is 1. The predicted molar refractivity (Wildman–Crippen MR) is 277 cm³/mol. The van der Waals surface area contributed by atoms with Crippen molar-refractivity contribution in [2.24, 2.45) is 17.8 Å². The molecule has 2 aliphatic rings. The number of aromatic hydroxyl groups is 1. The summed E-state index contributed by atoms with van der Waals surface area (Å²) >= 11 is 0. The highest BCUT2D eigenvalue weighted by Gasteiger charge is 2.47. The van der Waals surface area contributed by atoms with Crippen LogP contribution in [0, 0.1) is 17.8 Å². The summed E-state index contributed by atoms with van der Waals surface area (Å²) in [6.45, 7) is 13.5. The van der Waals surface area contributed by atoms with Crippen molar-refractivity contribution in [3.05, 3.63) is 65.7 Å². The number of likely N-dealkylation sites (N-methyl/N-ethyl adjacent to an activating group) is 1. The minimum Gasteiger partial charge on any atom is -0.508 e. The van der Waals surface area contributed by atoms with E-state index in [0.717, 1.165) is 4.90 Å². The van der Waals surface area contributed by atoms with E-state index >= 15 is 0 Å². The highest BCUT2D eigenvalue weighted by Crippen LogP contribution is 2.27. The Morgan fingerprint density at radius 1 is 0.763 bits per heavy atom. The topological polar surface area (TPSA) is 319 Å². The molecule has 2 saturated heterocycles. The average Bonchev–Trinajstić information content (AvgIpc) is 3.36. The zero-order chi connectivity index (χ0) is 56.6. The average molecular weight is 1060 g/mol. The number of amides is 8. The lowest BCUT2D eigenvalue weighted by atomic mass is 9.93. The van der Waals surface area contributed by atoms with Gasteiger partial charge in [0, 0.05) is 32.7 Å². The summed E-state index contributed by atoms with van der Waals surface area (Å²) in [7, 11) is 1.38. The lowest BCUT2D eigenvalue weighted by Gasteiger charge is -2.44. The number of nitrogens with zero attached hydrogens (tertiary/aromatic N) is 2. The number of hydrogen-bond donors (Lipinski definition) is 9. The lowest BCUT2D eigenvalue weighted by Crippen LogP contribution is -2.66. The van der Waals surface area contributed by atoms with Crippen LogP contribution >= 0.6 is 0 Å². The second-order valence-electron chi connectivity index (χ2n) is 20.6. The molecule has 418 valence electrons. The molecule has 9 N–H and O–H groups in total. The molecular formula is C54H78N8O14. The van der Waals surface area contributed by atoms with E-state index in [1.54, 1.807) is 65.0 Å². The maximum Gasteiger partial charge on any atom is 0.329 e. The zero-order valence-electron chi connectivity index (χ0n) is 45.0. The van der Waals surface area contributed by atoms with Crippen molar-refractivity contribution >= 4 is 59.2 Å². The maximum atomic E-state index is 14.8. The molecule has 2 heterocycles. The number of carboxylic acids is 1. The number of aliphatic hydroxyl groups excluding tert-OH is 1. The number of rotatable bonds is 19. The number of piperidine rings is 1. The molecule has 76 heavy (non-hydrogen) atoms. The number of phenolic OH excluding ortho intramolecular Hbond substituents is 1. The molecule has 2 aromatic rings. The smallest absolute Gasteiger partial charge is 0.329 e. The van der Waals surface area contributed by atoms with Crippen LogP contribution in [0.25, 0.3) is 0 Å². The van der Waals surface area contributed by atoms with Gasteiger partial charge in [-0.25, -0.2) is 9.59 Å². The summed E-state index contributed by atoms with van der Waals surface area (Å²) in [5.41, 5.74) is 1.07. The van der Waals surface area contributed by atoms with Gasteiger partial charge in [-0.1, -0.05) is 97.4 Å². The first-order chi connectivity index (χ1) is 35.9. The number of hydrogen-bond acceptors (Lipinski definition) is 13. The van der Waals surface area contributed by atoms with Crippen LogP contribution < -0.4 is 31.9 Å². The summed E-state index contributed by atoms with van der Waals surface area (Å²) in [4.78, 5) is 142. The van der Waals surface area contributed by atoms with Gasteiger partial charge in [-0.3, -0.25) is 38.4 Å². The third kappa shape index (κ3) is 17.2. The summed E-state index contributed by atoms with van der Waals surface area (Å²) < 4.78 is 5.93. The SMILES string of the molecule is CCCC(=O)N[C@@H](CC(C)C)C(=O)N[C@@H](CCC(=O)N[C@H]1C(=O)N[C@@H](Cc2ccc(O)cc2)C(=O)N[C@H]2CC[C@@H](O)N(C2=O)[C@@H](C(C)C)C(=O)N(C)[C@@H](Cc2ccccc2)C(=O)N[C@@H](C(C)CC)C(=O)O[C@@H]1C)C(=O)O. The normalized spacial score (nSPS) is 24.4. The molecule has 1 unspecified atom stereocenters. The number of cyclic esters (lactones) is 1. The number of carboxylic acid groups (broad SMARTS) is 1. The maximum absolute atomic E-state index is 14.8. The van der Waals surface area contributed by atoms with Crippen LogP contribution in [0.5, 0.6) is 5.75 Å². The van der Waals surface area contributed by atoms with Crippen LogP contribution in [-0.2, 0) is 65.5 Å². The Bertz CT molecular complexity index is 2370. The van der Waals surface area contributed by atoms with Crippen molar-refractivity contribution in [1.82, 2.24) is 41.7 Å². The molecule has 22 nitrogen and oxygen atoms in total. The first kappa shape index (κ1) is 61.4. The van der Waals surface area contributed by atoms with Crippen molar-refractivity contribution in [3.63, 3.8) is 0 Å². The van der Waals surface area contributed by atoms with Crippen LogP contribution in [-0.4, -0.2) is 152 Å². The highest BCUT2D eigenvalue weighted by molar-refractivity contribution is 5.98. The molecular weight excluding hydrogens is 985 g/mol. The quantitative estimate of drug-likeness (QED) is 0.0903. The van der Waals surface area contributed by atoms with Crippen molar-refractivity contribution in [2.45, 2.75) is 180 Å². The van der Waals surface area contributed by atoms with Gasteiger partial charge in [0.2, 0.25) is 47.3 Å². The molecule has 0 saturated carbocycles. The van der Waals surface area contributed by atoms with Gasteiger partial charge in [0.15, 0.2) is 0 Å². The number of aliphatic carboxylic acids is 1. The molecule has 2 aliphatic heterocycles. The van der Waals surface area contributed by atoms with Crippen LogP contribution in [0.2, 0.25) is 0 Å². The second-order valence-corrected chi connectivity index (χ2v) is 20.6. The third-order valence-corrected chi connectivity index (χ3v) is 13.7. The molecule has 0 aliphatic carbocycles. The Morgan fingerprint density at radius 3 is 2.00 bits per heavy atom. The predicted octanol–water partition coefficient (Wildman–Crippen LogP) is 1.58. The molecule has 0 spiro atoms. The first-order valence-electron chi connectivity index (χ1n) is 26.2. The number of ether oxygens (including phenoxy) is 1. The number of esters is 1. The highest BCUT2D eigenvalue weighted by atomic mass is 16.5. The van der Waals surface area contributed by atoms with E-state index in [0.29, 0.717) is 24.0 Å². The van der Waals surface area contributed by atoms with Crippen LogP contribution in [0.1, 0.15) is 118 Å². The minimum absolute atomic E-state index is 0.0508. The summed E-state index contributed by atoms with van der Waals surface area (Å²) in [6.07, 6.45) is -3.47.